The first-order valence-corrected chi connectivity index (χ1v) is 8.52. The maximum atomic E-state index is 13.4. The van der Waals surface area contributed by atoms with Gasteiger partial charge in [-0.15, -0.1) is 0 Å². The van der Waals surface area contributed by atoms with Crippen molar-refractivity contribution < 1.29 is 17.6 Å². The van der Waals surface area contributed by atoms with Crippen LogP contribution in [0.2, 0.25) is 0 Å². The minimum atomic E-state index is -4.06. The Morgan fingerprint density at radius 2 is 1.86 bits per heavy atom. The van der Waals surface area contributed by atoms with Gasteiger partial charge in [-0.3, -0.25) is 4.79 Å². The van der Waals surface area contributed by atoms with Crippen molar-refractivity contribution in [1.29, 1.82) is 0 Å². The van der Waals surface area contributed by atoms with E-state index in [1.807, 2.05) is 0 Å². The molecule has 1 aromatic rings. The summed E-state index contributed by atoms with van der Waals surface area (Å²) in [6.07, 6.45) is 3.37. The first-order valence-electron chi connectivity index (χ1n) is 6.98. The maximum Gasteiger partial charge on any atom is 0.255 e. The van der Waals surface area contributed by atoms with E-state index in [4.69, 9.17) is 5.14 Å². The highest BCUT2D eigenvalue weighted by Crippen LogP contribution is 2.38. The molecule has 1 aromatic carbocycles. The van der Waals surface area contributed by atoms with Crippen LogP contribution in [0.1, 0.15) is 29.6 Å². The molecule has 2 N–H and O–H groups in total. The van der Waals surface area contributed by atoms with Crippen molar-refractivity contribution in [2.45, 2.75) is 24.2 Å². The number of hydrogen-bond donors (Lipinski definition) is 1. The molecule has 1 aliphatic carbocycles. The number of carbonyl (C=O) groups is 1. The van der Waals surface area contributed by atoms with Gasteiger partial charge in [-0.25, -0.2) is 17.9 Å². The molecule has 1 saturated heterocycles. The summed E-state index contributed by atoms with van der Waals surface area (Å²) in [6, 6.07) is 3.00. The molecule has 2 aliphatic rings. The van der Waals surface area contributed by atoms with Crippen molar-refractivity contribution in [3.05, 3.63) is 29.6 Å². The molecule has 3 rings (SSSR count). The number of benzene rings is 1. The highest BCUT2D eigenvalue weighted by molar-refractivity contribution is 7.89. The standard InChI is InChI=1S/C14H17FN2O3S/c15-11-4-5-13(21(16,19)20)12(6-11)14(18)17-7-9-2-1-3-10(9)8-17/h4-6,9-10H,1-3,7-8H2,(H2,16,19,20). The van der Waals surface area contributed by atoms with Crippen molar-refractivity contribution >= 4 is 15.9 Å². The van der Waals surface area contributed by atoms with Gasteiger partial charge in [0.25, 0.3) is 5.91 Å². The van der Waals surface area contributed by atoms with Crippen LogP contribution in [0, 0.1) is 17.7 Å². The third kappa shape index (κ3) is 2.67. The predicted molar refractivity (Wildman–Crippen MR) is 74.5 cm³/mol. The summed E-state index contributed by atoms with van der Waals surface area (Å²) >= 11 is 0. The second-order valence-electron chi connectivity index (χ2n) is 5.85. The van der Waals surface area contributed by atoms with Crippen LogP contribution in [0.15, 0.2) is 23.1 Å². The largest absolute Gasteiger partial charge is 0.338 e. The van der Waals surface area contributed by atoms with Crippen LogP contribution in [0.25, 0.3) is 0 Å². The number of hydrogen-bond acceptors (Lipinski definition) is 3. The Labute approximate surface area is 123 Å². The molecule has 0 radical (unpaired) electrons. The van der Waals surface area contributed by atoms with Crippen molar-refractivity contribution in [2.24, 2.45) is 17.0 Å². The highest BCUT2D eigenvalue weighted by atomic mass is 32.2. The molecule has 1 saturated carbocycles. The quantitative estimate of drug-likeness (QED) is 0.895. The maximum absolute atomic E-state index is 13.4. The molecular formula is C14H17FN2O3S. The monoisotopic (exact) mass is 312 g/mol. The fourth-order valence-corrected chi connectivity index (χ4v) is 4.20. The van der Waals surface area contributed by atoms with Crippen molar-refractivity contribution in [3.63, 3.8) is 0 Å². The number of primary sulfonamides is 1. The van der Waals surface area contributed by atoms with Crippen LogP contribution in [0.3, 0.4) is 0 Å². The minimum Gasteiger partial charge on any atom is -0.338 e. The van der Waals surface area contributed by atoms with E-state index in [2.05, 4.69) is 0 Å². The van der Waals surface area contributed by atoms with E-state index in [0.717, 1.165) is 31.0 Å². The third-order valence-electron chi connectivity index (χ3n) is 4.49. The van der Waals surface area contributed by atoms with Crippen LogP contribution in [-0.4, -0.2) is 32.3 Å². The Bertz CT molecular complexity index is 677. The molecule has 21 heavy (non-hydrogen) atoms. The molecule has 1 heterocycles. The third-order valence-corrected chi connectivity index (χ3v) is 5.46. The zero-order valence-electron chi connectivity index (χ0n) is 11.5. The molecule has 2 atom stereocenters. The van der Waals surface area contributed by atoms with E-state index in [1.54, 1.807) is 4.90 Å². The summed E-state index contributed by atoms with van der Waals surface area (Å²) in [7, 11) is -4.06. The number of carbonyl (C=O) groups excluding carboxylic acids is 1. The molecule has 0 spiro atoms. The van der Waals surface area contributed by atoms with Gasteiger partial charge in [0.05, 0.1) is 10.5 Å². The molecule has 2 fully saturated rings. The van der Waals surface area contributed by atoms with E-state index in [-0.39, 0.29) is 10.5 Å². The van der Waals surface area contributed by atoms with E-state index in [1.165, 1.54) is 6.42 Å². The number of nitrogens with zero attached hydrogens (tertiary/aromatic N) is 1. The molecule has 7 heteroatoms. The van der Waals surface area contributed by atoms with Gasteiger partial charge in [-0.2, -0.15) is 0 Å². The number of halogens is 1. The lowest BCUT2D eigenvalue weighted by molar-refractivity contribution is 0.0776. The number of sulfonamides is 1. The van der Waals surface area contributed by atoms with E-state index < -0.39 is 21.7 Å². The second kappa shape index (κ2) is 5.06. The topological polar surface area (TPSA) is 80.5 Å². The average Bonchev–Trinajstić information content (AvgIpc) is 2.96. The average molecular weight is 312 g/mol. The molecule has 0 bridgehead atoms. The van der Waals surface area contributed by atoms with Gasteiger partial charge in [-0.05, 0) is 42.9 Å². The summed E-state index contributed by atoms with van der Waals surface area (Å²) in [5.41, 5.74) is -0.169. The normalized spacial score (nSPS) is 25.1. The molecule has 1 aliphatic heterocycles. The molecule has 1 amide bonds. The van der Waals surface area contributed by atoms with Crippen LogP contribution >= 0.6 is 0 Å². The van der Waals surface area contributed by atoms with Crippen LogP contribution in [0.4, 0.5) is 4.39 Å². The van der Waals surface area contributed by atoms with Crippen molar-refractivity contribution in [1.82, 2.24) is 4.90 Å². The zero-order valence-corrected chi connectivity index (χ0v) is 12.3. The fourth-order valence-electron chi connectivity index (χ4n) is 3.49. The number of amides is 1. The molecule has 2 unspecified atom stereocenters. The molecular weight excluding hydrogens is 295 g/mol. The van der Waals surface area contributed by atoms with Crippen LogP contribution < -0.4 is 5.14 Å². The second-order valence-corrected chi connectivity index (χ2v) is 7.38. The lowest BCUT2D eigenvalue weighted by Gasteiger charge is -2.18. The van der Waals surface area contributed by atoms with Gasteiger partial charge in [-0.1, -0.05) is 6.42 Å². The number of nitrogens with two attached hydrogens (primary N) is 1. The van der Waals surface area contributed by atoms with Gasteiger partial charge in [0, 0.05) is 13.1 Å². The zero-order chi connectivity index (χ0) is 15.2. The minimum absolute atomic E-state index is 0.169. The number of rotatable bonds is 2. The Balaban J connectivity index is 1.93. The summed E-state index contributed by atoms with van der Waals surface area (Å²) in [6.45, 7) is 1.23. The molecule has 0 aromatic heterocycles. The van der Waals surface area contributed by atoms with Crippen LogP contribution in [0.5, 0.6) is 0 Å². The first-order chi connectivity index (χ1) is 9.86. The van der Waals surface area contributed by atoms with E-state index in [0.29, 0.717) is 24.9 Å². The first kappa shape index (κ1) is 14.5. The Hall–Kier alpha value is -1.47. The molecule has 114 valence electrons. The Morgan fingerprint density at radius 1 is 1.24 bits per heavy atom. The lowest BCUT2D eigenvalue weighted by Crippen LogP contribution is -2.31. The van der Waals surface area contributed by atoms with Gasteiger partial charge in [0.1, 0.15) is 5.82 Å². The summed E-state index contributed by atoms with van der Waals surface area (Å²) in [5, 5.41) is 5.12. The Morgan fingerprint density at radius 3 is 2.43 bits per heavy atom. The fraction of sp³-hybridized carbons (Fsp3) is 0.500. The lowest BCUT2D eigenvalue weighted by atomic mass is 10.0. The van der Waals surface area contributed by atoms with Gasteiger partial charge in [0.2, 0.25) is 10.0 Å². The summed E-state index contributed by atoms with van der Waals surface area (Å²) < 4.78 is 36.5. The number of fused-ring (bicyclic) bond motifs is 1. The van der Waals surface area contributed by atoms with E-state index in [9.17, 15) is 17.6 Å². The molecule has 5 nitrogen and oxygen atoms in total. The smallest absolute Gasteiger partial charge is 0.255 e. The van der Waals surface area contributed by atoms with E-state index >= 15 is 0 Å². The summed E-state index contributed by atoms with van der Waals surface area (Å²) in [4.78, 5) is 13.8. The highest BCUT2D eigenvalue weighted by Gasteiger charge is 2.39. The van der Waals surface area contributed by atoms with Gasteiger partial charge in [0.15, 0.2) is 0 Å². The predicted octanol–water partition coefficient (Wildman–Crippen LogP) is 1.35. The van der Waals surface area contributed by atoms with Gasteiger partial charge < -0.3 is 4.90 Å². The Kier molecular flexibility index (Phi) is 3.49. The summed E-state index contributed by atoms with van der Waals surface area (Å²) in [5.74, 6) is -0.126. The van der Waals surface area contributed by atoms with Crippen molar-refractivity contribution in [2.75, 3.05) is 13.1 Å². The van der Waals surface area contributed by atoms with Crippen LogP contribution in [-0.2, 0) is 10.0 Å². The van der Waals surface area contributed by atoms with Gasteiger partial charge >= 0.3 is 0 Å². The van der Waals surface area contributed by atoms with Crippen molar-refractivity contribution in [3.8, 4) is 0 Å². The number of likely N-dealkylation sites (tertiary alicyclic amines) is 1. The SMILES string of the molecule is NS(=O)(=O)c1ccc(F)cc1C(=O)N1CC2CCCC2C1.